The first kappa shape index (κ1) is 15.5. The number of methoxy groups -OCH3 is 1. The van der Waals surface area contributed by atoms with Crippen molar-refractivity contribution in [2.45, 2.75) is 20.1 Å². The molecule has 0 saturated heterocycles. The topological polar surface area (TPSA) is 78.8 Å². The molecule has 0 amide bonds. The Labute approximate surface area is 128 Å². The molecule has 2 rings (SSSR count). The van der Waals surface area contributed by atoms with Crippen molar-refractivity contribution in [2.75, 3.05) is 7.11 Å². The van der Waals surface area contributed by atoms with Crippen molar-refractivity contribution in [2.24, 2.45) is 0 Å². The number of pyridine rings is 1. The predicted molar refractivity (Wildman–Crippen MR) is 81.1 cm³/mol. The molecule has 0 fully saturated rings. The number of aryl methyl sites for hydroxylation is 1. The lowest BCUT2D eigenvalue weighted by molar-refractivity contribution is 0.184. The minimum absolute atomic E-state index is 0.0851. The van der Waals surface area contributed by atoms with E-state index in [1.807, 2.05) is 12.1 Å². The Balaban J connectivity index is 2.56. The fraction of sp³-hybridized carbons (Fsp3) is 0.235. The zero-order valence-corrected chi connectivity index (χ0v) is 12.5. The van der Waals surface area contributed by atoms with E-state index in [4.69, 9.17) is 10.00 Å². The van der Waals surface area contributed by atoms with Gasteiger partial charge in [0.2, 0.25) is 0 Å². The molecule has 0 aliphatic rings. The molecule has 5 nitrogen and oxygen atoms in total. The molecule has 1 heterocycles. The van der Waals surface area contributed by atoms with Gasteiger partial charge in [-0.15, -0.1) is 0 Å². The summed E-state index contributed by atoms with van der Waals surface area (Å²) in [5, 5.41) is 18.4. The van der Waals surface area contributed by atoms with Gasteiger partial charge in [0.15, 0.2) is 0 Å². The second-order valence-electron chi connectivity index (χ2n) is 4.89. The van der Waals surface area contributed by atoms with E-state index in [9.17, 15) is 10.1 Å². The second-order valence-corrected chi connectivity index (χ2v) is 4.89. The number of benzene rings is 1. The monoisotopic (exact) mass is 293 g/mol. The van der Waals surface area contributed by atoms with Crippen molar-refractivity contribution in [3.8, 4) is 12.1 Å². The van der Waals surface area contributed by atoms with Crippen molar-refractivity contribution in [1.29, 1.82) is 10.5 Å². The van der Waals surface area contributed by atoms with Crippen LogP contribution in [0.25, 0.3) is 0 Å². The third-order valence-corrected chi connectivity index (χ3v) is 3.47. The summed E-state index contributed by atoms with van der Waals surface area (Å²) in [5.74, 6) is 0. The predicted octanol–water partition coefficient (Wildman–Crippen LogP) is 2.09. The van der Waals surface area contributed by atoms with Gasteiger partial charge in [0.25, 0.3) is 5.56 Å². The van der Waals surface area contributed by atoms with Gasteiger partial charge in [-0.25, -0.2) is 0 Å². The van der Waals surface area contributed by atoms with Gasteiger partial charge < -0.3 is 9.30 Å². The van der Waals surface area contributed by atoms with Gasteiger partial charge in [-0.2, -0.15) is 10.5 Å². The minimum atomic E-state index is -0.359. The number of nitriles is 2. The summed E-state index contributed by atoms with van der Waals surface area (Å²) in [5.41, 5.74) is 2.30. The molecule has 0 aliphatic carbocycles. The lowest BCUT2D eigenvalue weighted by Gasteiger charge is -2.14. The minimum Gasteiger partial charge on any atom is -0.380 e. The highest BCUT2D eigenvalue weighted by Gasteiger charge is 2.14. The number of hydrogen-bond donors (Lipinski definition) is 0. The average Bonchev–Trinajstić information content (AvgIpc) is 2.52. The van der Waals surface area contributed by atoms with Crippen molar-refractivity contribution in [1.82, 2.24) is 4.57 Å². The smallest absolute Gasteiger partial charge is 0.269 e. The Morgan fingerprint density at radius 2 is 1.91 bits per heavy atom. The zero-order valence-electron chi connectivity index (χ0n) is 12.5. The van der Waals surface area contributed by atoms with Crippen LogP contribution in [0.15, 0.2) is 35.1 Å². The molecular weight excluding hydrogens is 278 g/mol. The number of rotatable bonds is 4. The SMILES string of the molecule is COCc1cc(C)n(Cc2ccccc2C#N)c(=O)c1C#N. The third kappa shape index (κ3) is 2.90. The van der Waals surface area contributed by atoms with Crippen LogP contribution in [0.2, 0.25) is 0 Å². The van der Waals surface area contributed by atoms with Crippen molar-refractivity contribution >= 4 is 0 Å². The van der Waals surface area contributed by atoms with Crippen LogP contribution in [0.3, 0.4) is 0 Å². The highest BCUT2D eigenvalue weighted by atomic mass is 16.5. The molecule has 0 bridgehead atoms. The fourth-order valence-electron chi connectivity index (χ4n) is 2.36. The lowest BCUT2D eigenvalue weighted by atomic mass is 10.1. The molecule has 5 heteroatoms. The van der Waals surface area contributed by atoms with Gasteiger partial charge >= 0.3 is 0 Å². The number of nitrogens with zero attached hydrogens (tertiary/aromatic N) is 3. The molecule has 0 unspecified atom stereocenters. The summed E-state index contributed by atoms with van der Waals surface area (Å²) < 4.78 is 6.54. The van der Waals surface area contributed by atoms with E-state index < -0.39 is 0 Å². The van der Waals surface area contributed by atoms with E-state index in [1.165, 1.54) is 11.7 Å². The first-order valence-corrected chi connectivity index (χ1v) is 6.72. The van der Waals surface area contributed by atoms with Crippen LogP contribution in [0.5, 0.6) is 0 Å². The van der Waals surface area contributed by atoms with E-state index in [0.29, 0.717) is 11.1 Å². The Bertz CT molecular complexity index is 838. The fourth-order valence-corrected chi connectivity index (χ4v) is 2.36. The average molecular weight is 293 g/mol. The summed E-state index contributed by atoms with van der Waals surface area (Å²) in [6, 6.07) is 13.0. The first-order chi connectivity index (χ1) is 10.6. The number of ether oxygens (including phenoxy) is 1. The quantitative estimate of drug-likeness (QED) is 0.864. The Morgan fingerprint density at radius 3 is 2.55 bits per heavy atom. The van der Waals surface area contributed by atoms with Crippen LogP contribution >= 0.6 is 0 Å². The molecule has 0 N–H and O–H groups in total. The molecule has 0 aliphatic heterocycles. The molecule has 0 atom stereocenters. The molecule has 0 radical (unpaired) electrons. The maximum atomic E-state index is 12.5. The van der Waals surface area contributed by atoms with Crippen LogP contribution in [-0.4, -0.2) is 11.7 Å². The van der Waals surface area contributed by atoms with Gasteiger partial charge in [-0.05, 0) is 24.6 Å². The summed E-state index contributed by atoms with van der Waals surface area (Å²) in [6.45, 7) is 2.28. The maximum absolute atomic E-state index is 12.5. The van der Waals surface area contributed by atoms with Gasteiger partial charge in [-0.1, -0.05) is 18.2 Å². The summed E-state index contributed by atoms with van der Waals surface area (Å²) in [4.78, 5) is 12.5. The highest BCUT2D eigenvalue weighted by molar-refractivity contribution is 5.40. The largest absolute Gasteiger partial charge is 0.380 e. The van der Waals surface area contributed by atoms with E-state index in [1.54, 1.807) is 31.2 Å². The van der Waals surface area contributed by atoms with E-state index in [0.717, 1.165) is 11.3 Å². The lowest BCUT2D eigenvalue weighted by Crippen LogP contribution is -2.27. The first-order valence-electron chi connectivity index (χ1n) is 6.72. The van der Waals surface area contributed by atoms with E-state index in [-0.39, 0.29) is 24.3 Å². The van der Waals surface area contributed by atoms with Crippen molar-refractivity contribution < 1.29 is 4.74 Å². The Kier molecular flexibility index (Phi) is 4.73. The molecule has 2 aromatic rings. The van der Waals surface area contributed by atoms with Gasteiger partial charge in [0, 0.05) is 18.4 Å². The van der Waals surface area contributed by atoms with Crippen molar-refractivity contribution in [3.63, 3.8) is 0 Å². The Morgan fingerprint density at radius 1 is 1.18 bits per heavy atom. The van der Waals surface area contributed by atoms with Crippen LogP contribution in [0.4, 0.5) is 0 Å². The zero-order chi connectivity index (χ0) is 16.1. The number of aromatic nitrogens is 1. The molecule has 22 heavy (non-hydrogen) atoms. The van der Waals surface area contributed by atoms with Gasteiger partial charge in [0.1, 0.15) is 11.6 Å². The van der Waals surface area contributed by atoms with E-state index in [2.05, 4.69) is 6.07 Å². The molecule has 110 valence electrons. The van der Waals surface area contributed by atoms with Crippen LogP contribution in [-0.2, 0) is 17.9 Å². The van der Waals surface area contributed by atoms with E-state index >= 15 is 0 Å². The number of hydrogen-bond acceptors (Lipinski definition) is 4. The van der Waals surface area contributed by atoms with Gasteiger partial charge in [0.05, 0.1) is 24.8 Å². The highest BCUT2D eigenvalue weighted by Crippen LogP contribution is 2.13. The third-order valence-electron chi connectivity index (χ3n) is 3.47. The summed E-state index contributed by atoms with van der Waals surface area (Å²) in [7, 11) is 1.52. The van der Waals surface area contributed by atoms with Gasteiger partial charge in [-0.3, -0.25) is 4.79 Å². The molecular formula is C17H15N3O2. The Hall–Kier alpha value is -2.89. The second kappa shape index (κ2) is 6.71. The standard InChI is InChI=1S/C17H15N3O2/c1-12-7-15(11-22-2)16(9-19)17(21)20(12)10-14-6-4-3-5-13(14)8-18/h3-7H,10-11H2,1-2H3. The van der Waals surface area contributed by atoms with Crippen LogP contribution < -0.4 is 5.56 Å². The molecule has 0 spiro atoms. The van der Waals surface area contributed by atoms with Crippen LogP contribution in [0.1, 0.15) is 27.9 Å². The summed E-state index contributed by atoms with van der Waals surface area (Å²) >= 11 is 0. The molecule has 0 saturated carbocycles. The molecule has 1 aromatic carbocycles. The normalized spacial score (nSPS) is 10.0. The summed E-state index contributed by atoms with van der Waals surface area (Å²) in [6.07, 6.45) is 0. The maximum Gasteiger partial charge on any atom is 0.269 e. The van der Waals surface area contributed by atoms with Crippen molar-refractivity contribution in [3.05, 3.63) is 68.6 Å². The molecule has 1 aromatic heterocycles. The van der Waals surface area contributed by atoms with Crippen LogP contribution in [0, 0.1) is 29.6 Å².